The first kappa shape index (κ1) is 24.6. The fraction of sp³-hybridized carbons (Fsp3) is 0.407. The van der Waals surface area contributed by atoms with Crippen molar-refractivity contribution in [1.29, 1.82) is 0 Å². The van der Waals surface area contributed by atoms with Crippen molar-refractivity contribution in [2.45, 2.75) is 53.1 Å². The summed E-state index contributed by atoms with van der Waals surface area (Å²) in [6.45, 7) is 9.82. The van der Waals surface area contributed by atoms with E-state index in [-0.39, 0.29) is 30.5 Å². The maximum absolute atomic E-state index is 13.6. The summed E-state index contributed by atoms with van der Waals surface area (Å²) in [5.41, 5.74) is 4.02. The molecule has 8 heteroatoms. The smallest absolute Gasteiger partial charge is 0.246 e. The fourth-order valence-corrected chi connectivity index (χ4v) is 4.33. The monoisotopic (exact) mass is 475 g/mol. The Morgan fingerprint density at radius 3 is 2.34 bits per heavy atom. The number of fused-ring (bicyclic) bond motifs is 5. The topological polar surface area (TPSA) is 100 Å². The molecule has 2 amide bonds. The van der Waals surface area contributed by atoms with Gasteiger partial charge in [0.2, 0.25) is 11.8 Å². The zero-order valence-corrected chi connectivity index (χ0v) is 21.0. The number of aromatic nitrogens is 3. The maximum atomic E-state index is 13.6. The quantitative estimate of drug-likeness (QED) is 0.586. The Kier molecular flexibility index (Phi) is 6.51. The highest BCUT2D eigenvalue weighted by Crippen LogP contribution is 2.42. The Balaban J connectivity index is 1.80. The number of aliphatic hydroxyl groups is 1. The third kappa shape index (κ3) is 4.71. The summed E-state index contributed by atoms with van der Waals surface area (Å²) < 4.78 is 1.91. The molecule has 35 heavy (non-hydrogen) atoms. The molecule has 0 bridgehead atoms. The highest BCUT2D eigenvalue weighted by Gasteiger charge is 2.32. The van der Waals surface area contributed by atoms with Crippen molar-refractivity contribution >= 4 is 17.5 Å². The molecule has 0 atom stereocenters. The molecule has 0 saturated heterocycles. The Labute approximate surface area is 206 Å². The van der Waals surface area contributed by atoms with Gasteiger partial charge in [0.15, 0.2) is 0 Å². The average molecular weight is 476 g/mol. The zero-order chi connectivity index (χ0) is 25.4. The second kappa shape index (κ2) is 9.26. The van der Waals surface area contributed by atoms with Crippen molar-refractivity contribution in [2.24, 2.45) is 5.41 Å². The molecule has 184 valence electrons. The molecule has 1 aromatic heterocycles. The summed E-state index contributed by atoms with van der Waals surface area (Å²) >= 11 is 0. The lowest BCUT2D eigenvalue weighted by Gasteiger charge is -2.30. The lowest BCUT2D eigenvalue weighted by molar-refractivity contribution is -0.132. The van der Waals surface area contributed by atoms with E-state index < -0.39 is 5.41 Å². The van der Waals surface area contributed by atoms with E-state index in [0.29, 0.717) is 13.0 Å². The van der Waals surface area contributed by atoms with Crippen LogP contribution in [0.1, 0.15) is 46.6 Å². The number of carbonyl (C=O) groups is 2. The van der Waals surface area contributed by atoms with Gasteiger partial charge < -0.3 is 15.3 Å². The van der Waals surface area contributed by atoms with E-state index in [1.807, 2.05) is 53.2 Å². The van der Waals surface area contributed by atoms with Crippen LogP contribution in [0.2, 0.25) is 0 Å². The summed E-state index contributed by atoms with van der Waals surface area (Å²) in [6, 6.07) is 15.7. The van der Waals surface area contributed by atoms with Crippen LogP contribution >= 0.6 is 0 Å². The molecule has 2 aromatic carbocycles. The van der Waals surface area contributed by atoms with Gasteiger partial charge >= 0.3 is 0 Å². The molecule has 4 rings (SSSR count). The Hall–Kier alpha value is -3.52. The average Bonchev–Trinajstić information content (AvgIpc) is 3.25. The van der Waals surface area contributed by atoms with Gasteiger partial charge in [0, 0.05) is 23.1 Å². The van der Waals surface area contributed by atoms with Crippen LogP contribution in [0.4, 0.5) is 5.69 Å². The zero-order valence-electron chi connectivity index (χ0n) is 21.0. The van der Waals surface area contributed by atoms with Crippen molar-refractivity contribution in [3.05, 3.63) is 54.1 Å². The Morgan fingerprint density at radius 2 is 1.66 bits per heavy atom. The van der Waals surface area contributed by atoms with Crippen LogP contribution in [0.3, 0.4) is 0 Å². The molecule has 0 unspecified atom stereocenters. The minimum Gasteiger partial charge on any atom is -0.396 e. The summed E-state index contributed by atoms with van der Waals surface area (Å²) in [6.07, 6.45) is 0.319. The molecule has 1 aliphatic rings. The van der Waals surface area contributed by atoms with Gasteiger partial charge in [-0.3, -0.25) is 9.59 Å². The van der Waals surface area contributed by atoms with Crippen molar-refractivity contribution in [3.8, 4) is 22.5 Å². The number of hydrogen-bond acceptors (Lipinski definition) is 5. The molecule has 0 radical (unpaired) electrons. The molecule has 0 saturated carbocycles. The van der Waals surface area contributed by atoms with E-state index in [4.69, 9.17) is 0 Å². The molecule has 0 spiro atoms. The summed E-state index contributed by atoms with van der Waals surface area (Å²) in [5.74, 6) is -0.489. The van der Waals surface area contributed by atoms with Gasteiger partial charge in [0.05, 0.1) is 30.0 Å². The molecule has 1 aliphatic heterocycles. The van der Waals surface area contributed by atoms with Crippen LogP contribution in [0.25, 0.3) is 22.5 Å². The molecule has 2 heterocycles. The minimum atomic E-state index is -0.768. The molecular formula is C27H33N5O3. The number of aliphatic hydroxyl groups excluding tert-OH is 1. The number of nitrogens with one attached hydrogen (secondary N) is 1. The second-order valence-electron chi connectivity index (χ2n) is 10.6. The normalized spacial score (nSPS) is 13.3. The van der Waals surface area contributed by atoms with Gasteiger partial charge in [0.25, 0.3) is 0 Å². The van der Waals surface area contributed by atoms with Crippen LogP contribution in [-0.2, 0) is 21.7 Å². The summed E-state index contributed by atoms with van der Waals surface area (Å²) in [7, 11) is 0. The lowest BCUT2D eigenvalue weighted by Crippen LogP contribution is -2.44. The highest BCUT2D eigenvalue weighted by molar-refractivity contribution is 6.02. The van der Waals surface area contributed by atoms with Crippen LogP contribution in [-0.4, -0.2) is 45.1 Å². The maximum Gasteiger partial charge on any atom is 0.246 e. The third-order valence-electron chi connectivity index (χ3n) is 6.41. The molecule has 0 fully saturated rings. The van der Waals surface area contributed by atoms with Gasteiger partial charge in [-0.15, -0.1) is 5.10 Å². The summed E-state index contributed by atoms with van der Waals surface area (Å²) in [4.78, 5) is 28.0. The Morgan fingerprint density at radius 1 is 1.00 bits per heavy atom. The van der Waals surface area contributed by atoms with Crippen molar-refractivity contribution < 1.29 is 14.7 Å². The minimum absolute atomic E-state index is 0.0948. The number of benzene rings is 2. The van der Waals surface area contributed by atoms with Crippen LogP contribution in [0, 0.1) is 5.41 Å². The van der Waals surface area contributed by atoms with Crippen LogP contribution in [0.15, 0.2) is 48.5 Å². The Bertz CT molecular complexity index is 1260. The number of para-hydroxylation sites is 1. The van der Waals surface area contributed by atoms with E-state index in [2.05, 4.69) is 36.4 Å². The van der Waals surface area contributed by atoms with Gasteiger partial charge in [-0.25, -0.2) is 4.68 Å². The van der Waals surface area contributed by atoms with E-state index >= 15 is 0 Å². The number of rotatable bonds is 5. The lowest BCUT2D eigenvalue weighted by atomic mass is 9.88. The first-order valence-electron chi connectivity index (χ1n) is 11.9. The van der Waals surface area contributed by atoms with E-state index in [9.17, 15) is 14.7 Å². The first-order valence-corrected chi connectivity index (χ1v) is 11.9. The second-order valence-corrected chi connectivity index (χ2v) is 10.6. The predicted octanol–water partition coefficient (Wildman–Crippen LogP) is 3.74. The number of nitrogens with zero attached hydrogens (tertiary/aromatic N) is 4. The summed E-state index contributed by atoms with van der Waals surface area (Å²) in [5, 5.41) is 21.1. The molecule has 3 aromatic rings. The largest absolute Gasteiger partial charge is 0.396 e. The van der Waals surface area contributed by atoms with Crippen LogP contribution < -0.4 is 10.2 Å². The van der Waals surface area contributed by atoms with E-state index in [0.717, 1.165) is 33.8 Å². The standard InChI is InChI=1S/C27H33N5O3/c1-26(2,3)32-24-20-12-8-9-13-21(20)31(22(34)16-28-25(35)27(4,5)14-15-33)17-18-10-6-7-11-19(18)23(24)29-30-32/h6-13,33H,14-17H2,1-5H3,(H,28,35). The van der Waals surface area contributed by atoms with Crippen molar-refractivity contribution in [3.63, 3.8) is 0 Å². The van der Waals surface area contributed by atoms with Gasteiger partial charge in [0.1, 0.15) is 5.69 Å². The number of hydrogen-bond donors (Lipinski definition) is 2. The van der Waals surface area contributed by atoms with Gasteiger partial charge in [-0.1, -0.05) is 61.5 Å². The number of amides is 2. The van der Waals surface area contributed by atoms with E-state index in [1.165, 1.54) is 0 Å². The number of carbonyl (C=O) groups excluding carboxylic acids is 2. The van der Waals surface area contributed by atoms with Crippen molar-refractivity contribution in [2.75, 3.05) is 18.1 Å². The molecule has 0 aliphatic carbocycles. The molecular weight excluding hydrogens is 442 g/mol. The van der Waals surface area contributed by atoms with Gasteiger partial charge in [-0.2, -0.15) is 0 Å². The van der Waals surface area contributed by atoms with Crippen LogP contribution in [0.5, 0.6) is 0 Å². The first-order chi connectivity index (χ1) is 16.5. The van der Waals surface area contributed by atoms with E-state index in [1.54, 1.807) is 18.7 Å². The number of anilines is 1. The van der Waals surface area contributed by atoms with Crippen molar-refractivity contribution in [1.82, 2.24) is 20.3 Å². The highest BCUT2D eigenvalue weighted by atomic mass is 16.3. The molecule has 2 N–H and O–H groups in total. The fourth-order valence-electron chi connectivity index (χ4n) is 4.33. The third-order valence-corrected chi connectivity index (χ3v) is 6.41. The SMILES string of the molecule is CC(C)(CCO)C(=O)NCC(=O)N1Cc2ccccc2-c2nnn(C(C)(C)C)c2-c2ccccc21. The molecule has 8 nitrogen and oxygen atoms in total. The predicted molar refractivity (Wildman–Crippen MR) is 136 cm³/mol. The van der Waals surface area contributed by atoms with Gasteiger partial charge in [-0.05, 0) is 38.8 Å².